The summed E-state index contributed by atoms with van der Waals surface area (Å²) in [4.78, 5) is 26.8. The van der Waals surface area contributed by atoms with Crippen LogP contribution in [-0.2, 0) is 22.6 Å². The quantitative estimate of drug-likeness (QED) is 0.322. The molecule has 0 saturated heterocycles. The van der Waals surface area contributed by atoms with Crippen LogP contribution in [0.15, 0.2) is 68.7 Å². The molecule has 2 heterocycles. The summed E-state index contributed by atoms with van der Waals surface area (Å²) < 4.78 is 70.3. The second-order valence-corrected chi connectivity index (χ2v) is 10.8. The third-order valence-corrected chi connectivity index (χ3v) is 7.04. The number of halogens is 3. The van der Waals surface area contributed by atoms with E-state index in [1.54, 1.807) is 6.92 Å². The Bertz CT molecular complexity index is 1730. The minimum atomic E-state index is -4.66. The van der Waals surface area contributed by atoms with Crippen LogP contribution in [0.2, 0.25) is 0 Å². The Hall–Kier alpha value is -4.46. The molecule has 40 heavy (non-hydrogen) atoms. The molecule has 14 heteroatoms. The Morgan fingerprint density at radius 3 is 2.40 bits per heavy atom. The van der Waals surface area contributed by atoms with Crippen molar-refractivity contribution < 1.29 is 30.8 Å². The lowest BCUT2D eigenvalue weighted by molar-refractivity contribution is -0.137. The lowest BCUT2D eigenvalue weighted by Gasteiger charge is -2.16. The second kappa shape index (κ2) is 11.0. The fourth-order valence-corrected chi connectivity index (χ4v) is 4.53. The average molecular weight is 576 g/mol. The van der Waals surface area contributed by atoms with Crippen molar-refractivity contribution in [2.24, 2.45) is 0 Å². The van der Waals surface area contributed by atoms with Gasteiger partial charge in [0.2, 0.25) is 0 Å². The molecule has 4 rings (SSSR count). The lowest BCUT2D eigenvalue weighted by atomic mass is 10.1. The lowest BCUT2D eigenvalue weighted by Crippen LogP contribution is -2.33. The number of rotatable bonds is 8. The first-order chi connectivity index (χ1) is 18.8. The van der Waals surface area contributed by atoms with E-state index in [1.807, 2.05) is 0 Å². The van der Waals surface area contributed by atoms with E-state index in [0.29, 0.717) is 12.1 Å². The van der Waals surface area contributed by atoms with Gasteiger partial charge in [0.05, 0.1) is 16.0 Å². The van der Waals surface area contributed by atoms with Crippen molar-refractivity contribution >= 4 is 21.8 Å². The second-order valence-electron chi connectivity index (χ2n) is 8.79. The van der Waals surface area contributed by atoms with Gasteiger partial charge in [0.1, 0.15) is 5.56 Å². The summed E-state index contributed by atoms with van der Waals surface area (Å²) in [5, 5.41) is 13.2. The molecule has 210 valence electrons. The molecule has 0 aliphatic heterocycles. The maximum atomic E-state index is 13.5. The van der Waals surface area contributed by atoms with Gasteiger partial charge in [-0.2, -0.15) is 13.2 Å². The van der Waals surface area contributed by atoms with Crippen LogP contribution in [0, 0.1) is 6.92 Å². The van der Waals surface area contributed by atoms with Gasteiger partial charge in [0, 0.05) is 30.7 Å². The molecule has 0 aliphatic rings. The highest BCUT2D eigenvalue weighted by atomic mass is 32.2. The molecule has 10 nitrogen and oxygen atoms in total. The molecule has 0 saturated carbocycles. The molecule has 2 aromatic heterocycles. The summed E-state index contributed by atoms with van der Waals surface area (Å²) in [7, 11) is -3.41. The van der Waals surface area contributed by atoms with Gasteiger partial charge >= 0.3 is 12.2 Å². The van der Waals surface area contributed by atoms with E-state index in [4.69, 9.17) is 4.42 Å². The number of sulfone groups is 1. The molecule has 0 unspecified atom stereocenters. The number of anilines is 1. The molecule has 0 radical (unpaired) electrons. The molecule has 0 atom stereocenters. The van der Waals surface area contributed by atoms with Gasteiger partial charge in [0.15, 0.2) is 9.84 Å². The smallest absolute Gasteiger partial charge is 0.403 e. The van der Waals surface area contributed by atoms with Crippen LogP contribution in [-0.4, -0.2) is 41.9 Å². The Morgan fingerprint density at radius 1 is 1.07 bits per heavy atom. The van der Waals surface area contributed by atoms with E-state index < -0.39 is 33.0 Å². The highest BCUT2D eigenvalue weighted by Gasteiger charge is 2.31. The van der Waals surface area contributed by atoms with Gasteiger partial charge in [-0.15, -0.1) is 5.10 Å². The van der Waals surface area contributed by atoms with Gasteiger partial charge in [-0.3, -0.25) is 14.2 Å². The average Bonchev–Trinajstić information content (AvgIpc) is 3.35. The van der Waals surface area contributed by atoms with Gasteiger partial charge in [-0.05, 0) is 55.8 Å². The number of pyridine rings is 1. The number of hydrogen-bond acceptors (Lipinski definition) is 8. The minimum absolute atomic E-state index is 0.0553. The van der Waals surface area contributed by atoms with Crippen molar-refractivity contribution in [3.63, 3.8) is 0 Å². The summed E-state index contributed by atoms with van der Waals surface area (Å²) in [6.07, 6.45) is -3.59. The number of alkyl halides is 3. The molecule has 0 fully saturated rings. The number of amides is 1. The normalized spacial score (nSPS) is 11.8. The van der Waals surface area contributed by atoms with Crippen LogP contribution in [0.3, 0.4) is 0 Å². The summed E-state index contributed by atoms with van der Waals surface area (Å²) in [5.74, 6) is -0.870. The highest BCUT2D eigenvalue weighted by molar-refractivity contribution is 7.90. The van der Waals surface area contributed by atoms with Crippen LogP contribution in [0.1, 0.15) is 34.1 Å². The standard InChI is InChI=1S/C26H24F3N5O5S/c1-4-30-25-33-32-23(39-25)20-13-21(22(35)31-14-16-8-10-19(11-9-16)40(3,37)38)24(36)34(15(20)2)18-7-5-6-17(12-18)26(27,28)29/h5-13H,4,14H2,1-3H3,(H,30,33)(H,31,35). The van der Waals surface area contributed by atoms with E-state index >= 15 is 0 Å². The number of nitrogens with zero attached hydrogens (tertiary/aromatic N) is 3. The number of nitrogens with one attached hydrogen (secondary N) is 2. The molecule has 1 amide bonds. The van der Waals surface area contributed by atoms with Crippen molar-refractivity contribution in [2.45, 2.75) is 31.5 Å². The molecule has 2 aromatic carbocycles. The van der Waals surface area contributed by atoms with Crippen molar-refractivity contribution in [3.8, 4) is 17.1 Å². The van der Waals surface area contributed by atoms with Crippen LogP contribution in [0.25, 0.3) is 17.1 Å². The largest absolute Gasteiger partial charge is 0.416 e. The summed E-state index contributed by atoms with van der Waals surface area (Å²) in [6, 6.07) is 11.3. The zero-order valence-electron chi connectivity index (χ0n) is 21.5. The van der Waals surface area contributed by atoms with E-state index in [2.05, 4.69) is 20.8 Å². The number of benzene rings is 2. The summed E-state index contributed by atoms with van der Waals surface area (Å²) in [5.41, 5.74) is -1.45. The van der Waals surface area contributed by atoms with Gasteiger partial charge in [-0.25, -0.2) is 8.42 Å². The Labute approximate surface area is 226 Å². The fourth-order valence-electron chi connectivity index (χ4n) is 3.90. The van der Waals surface area contributed by atoms with Crippen LogP contribution < -0.4 is 16.2 Å². The maximum absolute atomic E-state index is 13.5. The Kier molecular flexibility index (Phi) is 7.82. The Balaban J connectivity index is 1.78. The molecular weight excluding hydrogens is 551 g/mol. The Morgan fingerprint density at radius 2 is 1.77 bits per heavy atom. The van der Waals surface area contributed by atoms with E-state index in [9.17, 15) is 31.2 Å². The number of hydrogen-bond donors (Lipinski definition) is 2. The molecular formula is C26H24F3N5O5S. The molecule has 0 aliphatic carbocycles. The van der Waals surface area contributed by atoms with Gasteiger partial charge in [0.25, 0.3) is 17.4 Å². The molecule has 4 aromatic rings. The van der Waals surface area contributed by atoms with Crippen LogP contribution in [0.4, 0.5) is 19.2 Å². The maximum Gasteiger partial charge on any atom is 0.416 e. The fraction of sp³-hybridized carbons (Fsp3) is 0.231. The van der Waals surface area contributed by atoms with Crippen molar-refractivity contribution in [1.29, 1.82) is 0 Å². The first-order valence-electron chi connectivity index (χ1n) is 11.9. The SMILES string of the molecule is CCNc1nnc(-c2cc(C(=O)NCc3ccc(S(C)(=O)=O)cc3)c(=O)n(-c3cccc(C(F)(F)F)c3)c2C)o1. The number of carbonyl (C=O) groups excluding carboxylic acids is 1. The third-order valence-electron chi connectivity index (χ3n) is 5.91. The molecule has 0 bridgehead atoms. The minimum Gasteiger partial charge on any atom is -0.403 e. The van der Waals surface area contributed by atoms with Crippen LogP contribution >= 0.6 is 0 Å². The van der Waals surface area contributed by atoms with Crippen molar-refractivity contribution in [3.05, 3.63) is 87.3 Å². The zero-order chi connectivity index (χ0) is 29.2. The molecule has 0 spiro atoms. The number of carbonyl (C=O) groups is 1. The highest BCUT2D eigenvalue weighted by Crippen LogP contribution is 2.31. The molecule has 2 N–H and O–H groups in total. The van der Waals surface area contributed by atoms with Crippen LogP contribution in [0.5, 0.6) is 0 Å². The summed E-state index contributed by atoms with van der Waals surface area (Å²) in [6.45, 7) is 3.71. The van der Waals surface area contributed by atoms with Crippen molar-refractivity contribution in [2.75, 3.05) is 18.1 Å². The first-order valence-corrected chi connectivity index (χ1v) is 13.8. The zero-order valence-corrected chi connectivity index (χ0v) is 22.4. The predicted octanol–water partition coefficient (Wildman–Crippen LogP) is 3.98. The first kappa shape index (κ1) is 28.5. The van der Waals surface area contributed by atoms with E-state index in [0.717, 1.165) is 29.0 Å². The van der Waals surface area contributed by atoms with E-state index in [-0.39, 0.29) is 45.9 Å². The van der Waals surface area contributed by atoms with E-state index in [1.165, 1.54) is 43.3 Å². The third kappa shape index (κ3) is 6.06. The predicted molar refractivity (Wildman–Crippen MR) is 140 cm³/mol. The van der Waals surface area contributed by atoms with Crippen molar-refractivity contribution in [1.82, 2.24) is 20.1 Å². The van der Waals surface area contributed by atoms with Gasteiger partial charge in [-0.1, -0.05) is 23.3 Å². The topological polar surface area (TPSA) is 136 Å². The number of aromatic nitrogens is 3. The van der Waals surface area contributed by atoms with Gasteiger partial charge < -0.3 is 15.1 Å². The summed E-state index contributed by atoms with van der Waals surface area (Å²) >= 11 is 0. The monoisotopic (exact) mass is 575 g/mol.